The van der Waals surface area contributed by atoms with Gasteiger partial charge in [0.05, 0.1) is 18.4 Å². The lowest BCUT2D eigenvalue weighted by molar-refractivity contribution is 0.102. The number of carbonyl (C=O) groups is 1. The van der Waals surface area contributed by atoms with Crippen LogP contribution in [0.1, 0.15) is 15.9 Å². The van der Waals surface area contributed by atoms with Crippen LogP contribution in [0.15, 0.2) is 60.8 Å². The van der Waals surface area contributed by atoms with Crippen molar-refractivity contribution < 1.29 is 9.53 Å². The van der Waals surface area contributed by atoms with Gasteiger partial charge in [0.1, 0.15) is 11.6 Å². The molecule has 26 heavy (non-hydrogen) atoms. The second kappa shape index (κ2) is 7.89. The molecule has 0 saturated heterocycles. The molecule has 0 saturated carbocycles. The van der Waals surface area contributed by atoms with Gasteiger partial charge in [-0.2, -0.15) is 0 Å². The Morgan fingerprint density at radius 2 is 1.85 bits per heavy atom. The highest BCUT2D eigenvalue weighted by molar-refractivity contribution is 6.30. The highest BCUT2D eigenvalue weighted by Crippen LogP contribution is 2.27. The number of pyridine rings is 1. The molecule has 0 bridgehead atoms. The third-order valence-corrected chi connectivity index (χ3v) is 4.00. The quantitative estimate of drug-likeness (QED) is 0.662. The first-order valence-electron chi connectivity index (χ1n) is 8.00. The van der Waals surface area contributed by atoms with E-state index in [2.05, 4.69) is 15.6 Å². The lowest BCUT2D eigenvalue weighted by Gasteiger charge is -2.12. The summed E-state index contributed by atoms with van der Waals surface area (Å²) in [5.74, 6) is 1.11. The van der Waals surface area contributed by atoms with E-state index in [4.69, 9.17) is 16.3 Å². The molecule has 1 amide bonds. The summed E-state index contributed by atoms with van der Waals surface area (Å²) in [5, 5.41) is 6.62. The molecule has 0 radical (unpaired) electrons. The van der Waals surface area contributed by atoms with Crippen LogP contribution in [0.2, 0.25) is 5.02 Å². The van der Waals surface area contributed by atoms with Crippen LogP contribution in [0.4, 0.5) is 17.2 Å². The second-order valence-corrected chi connectivity index (χ2v) is 6.16. The van der Waals surface area contributed by atoms with Gasteiger partial charge >= 0.3 is 0 Å². The van der Waals surface area contributed by atoms with Gasteiger partial charge < -0.3 is 15.4 Å². The minimum Gasteiger partial charge on any atom is -0.495 e. The summed E-state index contributed by atoms with van der Waals surface area (Å²) in [6, 6.07) is 16.2. The maximum absolute atomic E-state index is 12.3. The summed E-state index contributed by atoms with van der Waals surface area (Å²) < 4.78 is 5.35. The SMILES string of the molecule is COc1ccc(C)cc1Nc1ccc(C(=O)Nc2ccc(Cl)cc2)cn1. The number of methoxy groups -OCH3 is 1. The van der Waals surface area contributed by atoms with E-state index in [-0.39, 0.29) is 5.91 Å². The topological polar surface area (TPSA) is 63.2 Å². The Hall–Kier alpha value is -3.05. The third-order valence-electron chi connectivity index (χ3n) is 3.75. The molecule has 0 aliphatic rings. The number of hydrogen-bond donors (Lipinski definition) is 2. The summed E-state index contributed by atoms with van der Waals surface area (Å²) in [7, 11) is 1.62. The van der Waals surface area contributed by atoms with Crippen molar-refractivity contribution in [2.75, 3.05) is 17.7 Å². The van der Waals surface area contributed by atoms with Crippen molar-refractivity contribution in [2.24, 2.45) is 0 Å². The molecule has 0 aliphatic carbocycles. The van der Waals surface area contributed by atoms with Gasteiger partial charge in [-0.05, 0) is 61.0 Å². The first kappa shape index (κ1) is 17.8. The molecule has 132 valence electrons. The highest BCUT2D eigenvalue weighted by atomic mass is 35.5. The molecular weight excluding hydrogens is 350 g/mol. The second-order valence-electron chi connectivity index (χ2n) is 5.72. The number of amides is 1. The van der Waals surface area contributed by atoms with Gasteiger partial charge in [-0.15, -0.1) is 0 Å². The number of ether oxygens (including phenoxy) is 1. The molecule has 1 heterocycles. The van der Waals surface area contributed by atoms with Crippen molar-refractivity contribution in [1.82, 2.24) is 4.98 Å². The molecule has 0 spiro atoms. The summed E-state index contributed by atoms with van der Waals surface area (Å²) in [4.78, 5) is 16.6. The van der Waals surface area contributed by atoms with E-state index in [9.17, 15) is 4.79 Å². The van der Waals surface area contributed by atoms with Crippen LogP contribution in [0.5, 0.6) is 5.75 Å². The molecule has 5 nitrogen and oxygen atoms in total. The van der Waals surface area contributed by atoms with E-state index < -0.39 is 0 Å². The van der Waals surface area contributed by atoms with Crippen LogP contribution in [-0.4, -0.2) is 18.0 Å². The fraction of sp³-hybridized carbons (Fsp3) is 0.100. The maximum Gasteiger partial charge on any atom is 0.257 e. The number of halogens is 1. The molecule has 0 aliphatic heterocycles. The van der Waals surface area contributed by atoms with E-state index in [0.717, 1.165) is 17.0 Å². The van der Waals surface area contributed by atoms with E-state index in [1.165, 1.54) is 6.20 Å². The van der Waals surface area contributed by atoms with Gasteiger partial charge in [-0.3, -0.25) is 4.79 Å². The normalized spacial score (nSPS) is 10.3. The standard InChI is InChI=1S/C20H18ClN3O2/c1-13-3-9-18(26-2)17(11-13)24-19-10-4-14(12-22-19)20(25)23-16-7-5-15(21)6-8-16/h3-12H,1-2H3,(H,22,24)(H,23,25). The number of nitrogens with zero attached hydrogens (tertiary/aromatic N) is 1. The van der Waals surface area contributed by atoms with Gasteiger partial charge in [0.15, 0.2) is 0 Å². The average Bonchev–Trinajstić information content (AvgIpc) is 2.64. The molecule has 1 aromatic heterocycles. The Bertz CT molecular complexity index is 909. The Morgan fingerprint density at radius 1 is 1.08 bits per heavy atom. The van der Waals surface area contributed by atoms with Crippen LogP contribution in [0.25, 0.3) is 0 Å². The summed E-state index contributed by atoms with van der Waals surface area (Å²) >= 11 is 5.84. The van der Waals surface area contributed by atoms with Crippen molar-refractivity contribution in [3.8, 4) is 5.75 Å². The Morgan fingerprint density at radius 3 is 2.50 bits per heavy atom. The minimum atomic E-state index is -0.237. The number of hydrogen-bond acceptors (Lipinski definition) is 4. The zero-order chi connectivity index (χ0) is 18.5. The molecule has 0 atom stereocenters. The number of aryl methyl sites for hydroxylation is 1. The Kier molecular flexibility index (Phi) is 5.39. The third kappa shape index (κ3) is 4.32. The van der Waals surface area contributed by atoms with Crippen molar-refractivity contribution in [2.45, 2.75) is 6.92 Å². The lowest BCUT2D eigenvalue weighted by atomic mass is 10.2. The van der Waals surface area contributed by atoms with E-state index in [1.54, 1.807) is 43.5 Å². The average molecular weight is 368 g/mol. The maximum atomic E-state index is 12.3. The first-order chi connectivity index (χ1) is 12.5. The summed E-state index contributed by atoms with van der Waals surface area (Å²) in [5.41, 5.74) is 3.05. The van der Waals surface area contributed by atoms with Crippen molar-refractivity contribution in [1.29, 1.82) is 0 Å². The van der Waals surface area contributed by atoms with Crippen LogP contribution in [0, 0.1) is 6.92 Å². The monoisotopic (exact) mass is 367 g/mol. The van der Waals surface area contributed by atoms with Gasteiger partial charge in [0.25, 0.3) is 5.91 Å². The number of benzene rings is 2. The largest absolute Gasteiger partial charge is 0.495 e. The fourth-order valence-corrected chi connectivity index (χ4v) is 2.52. The minimum absolute atomic E-state index is 0.237. The van der Waals surface area contributed by atoms with Crippen LogP contribution in [-0.2, 0) is 0 Å². The fourth-order valence-electron chi connectivity index (χ4n) is 2.40. The van der Waals surface area contributed by atoms with E-state index >= 15 is 0 Å². The van der Waals surface area contributed by atoms with Gasteiger partial charge in [0.2, 0.25) is 0 Å². The Balaban J connectivity index is 1.71. The van der Waals surface area contributed by atoms with Crippen LogP contribution in [0.3, 0.4) is 0 Å². The number of aromatic nitrogens is 1. The molecule has 0 unspecified atom stereocenters. The molecular formula is C20H18ClN3O2. The van der Waals surface area contributed by atoms with Gasteiger partial charge in [-0.25, -0.2) is 4.98 Å². The molecule has 2 aromatic carbocycles. The summed E-state index contributed by atoms with van der Waals surface area (Å²) in [6.45, 7) is 2.00. The predicted molar refractivity (Wildman–Crippen MR) is 105 cm³/mol. The first-order valence-corrected chi connectivity index (χ1v) is 8.37. The summed E-state index contributed by atoms with van der Waals surface area (Å²) in [6.07, 6.45) is 1.52. The highest BCUT2D eigenvalue weighted by Gasteiger charge is 2.08. The molecule has 2 N–H and O–H groups in total. The molecule has 0 fully saturated rings. The lowest BCUT2D eigenvalue weighted by Crippen LogP contribution is -2.12. The molecule has 3 rings (SSSR count). The van der Waals surface area contributed by atoms with E-state index in [0.29, 0.717) is 22.1 Å². The van der Waals surface area contributed by atoms with Gasteiger partial charge in [-0.1, -0.05) is 17.7 Å². The van der Waals surface area contributed by atoms with Crippen LogP contribution >= 0.6 is 11.6 Å². The predicted octanol–water partition coefficient (Wildman–Crippen LogP) is 5.05. The number of carbonyl (C=O) groups excluding carboxylic acids is 1. The van der Waals surface area contributed by atoms with Crippen molar-refractivity contribution in [3.05, 3.63) is 76.9 Å². The molecule has 6 heteroatoms. The van der Waals surface area contributed by atoms with Crippen molar-refractivity contribution >= 4 is 34.7 Å². The van der Waals surface area contributed by atoms with Gasteiger partial charge in [0, 0.05) is 16.9 Å². The zero-order valence-electron chi connectivity index (χ0n) is 14.4. The number of anilines is 3. The zero-order valence-corrected chi connectivity index (χ0v) is 15.2. The van der Waals surface area contributed by atoms with E-state index in [1.807, 2.05) is 25.1 Å². The van der Waals surface area contributed by atoms with Crippen LogP contribution < -0.4 is 15.4 Å². The molecule has 3 aromatic rings. The smallest absolute Gasteiger partial charge is 0.257 e. The number of nitrogens with one attached hydrogen (secondary N) is 2. The van der Waals surface area contributed by atoms with Crippen molar-refractivity contribution in [3.63, 3.8) is 0 Å². The number of rotatable bonds is 5. The Labute approximate surface area is 157 Å².